The van der Waals surface area contributed by atoms with Gasteiger partial charge >= 0.3 is 0 Å². The van der Waals surface area contributed by atoms with E-state index in [0.29, 0.717) is 6.42 Å². The minimum atomic E-state index is 0.201. The van der Waals surface area contributed by atoms with Gasteiger partial charge in [-0.25, -0.2) is 0 Å². The van der Waals surface area contributed by atoms with Crippen LogP contribution in [0, 0.1) is 0 Å². The Kier molecular flexibility index (Phi) is 4.35. The van der Waals surface area contributed by atoms with Gasteiger partial charge in [0.1, 0.15) is 0 Å². The van der Waals surface area contributed by atoms with Gasteiger partial charge in [0.15, 0.2) is 5.78 Å². The summed E-state index contributed by atoms with van der Waals surface area (Å²) < 4.78 is 0. The summed E-state index contributed by atoms with van der Waals surface area (Å²) in [7, 11) is 0. The van der Waals surface area contributed by atoms with Gasteiger partial charge in [-0.2, -0.15) is 0 Å². The molecule has 2 aromatic carbocycles. The molecule has 98 valence electrons. The van der Waals surface area contributed by atoms with Crippen LogP contribution >= 0.6 is 0 Å². The molecule has 0 spiro atoms. The molecular weight excluding hydrogens is 234 g/mol. The second kappa shape index (κ2) is 6.19. The molecule has 0 saturated heterocycles. The average Bonchev–Trinajstić information content (AvgIpc) is 2.46. The van der Waals surface area contributed by atoms with Crippen molar-refractivity contribution in [3.8, 4) is 0 Å². The van der Waals surface area contributed by atoms with Gasteiger partial charge in [0.05, 0.1) is 0 Å². The third kappa shape index (κ3) is 3.68. The molecule has 0 atom stereocenters. The fourth-order valence-corrected chi connectivity index (χ4v) is 2.05. The first-order chi connectivity index (χ1) is 9.19. The molecule has 0 aliphatic rings. The topological polar surface area (TPSA) is 43.1 Å². The summed E-state index contributed by atoms with van der Waals surface area (Å²) in [5, 5.41) is 0. The number of nitrogens with two attached hydrogens (primary N) is 1. The molecule has 2 heteroatoms. The summed E-state index contributed by atoms with van der Waals surface area (Å²) in [6, 6.07) is 15.6. The van der Waals surface area contributed by atoms with E-state index in [1.807, 2.05) is 42.5 Å². The van der Waals surface area contributed by atoms with Crippen molar-refractivity contribution in [3.05, 3.63) is 65.2 Å². The van der Waals surface area contributed by atoms with Crippen molar-refractivity contribution in [2.45, 2.75) is 26.2 Å². The van der Waals surface area contributed by atoms with Crippen LogP contribution in [0.25, 0.3) is 0 Å². The first kappa shape index (κ1) is 13.3. The molecule has 0 heterocycles. The van der Waals surface area contributed by atoms with Gasteiger partial charge in [-0.3, -0.25) is 4.79 Å². The van der Waals surface area contributed by atoms with E-state index in [0.717, 1.165) is 29.7 Å². The van der Waals surface area contributed by atoms with Crippen molar-refractivity contribution in [1.82, 2.24) is 0 Å². The van der Waals surface area contributed by atoms with Gasteiger partial charge in [-0.15, -0.1) is 0 Å². The second-order valence-electron chi connectivity index (χ2n) is 4.72. The predicted octanol–water partition coefficient (Wildman–Crippen LogP) is 3.65. The van der Waals surface area contributed by atoms with Crippen molar-refractivity contribution in [3.63, 3.8) is 0 Å². The van der Waals surface area contributed by atoms with E-state index >= 15 is 0 Å². The summed E-state index contributed by atoms with van der Waals surface area (Å²) >= 11 is 0. The molecule has 0 amide bonds. The van der Waals surface area contributed by atoms with E-state index in [-0.39, 0.29) is 5.78 Å². The Balaban J connectivity index is 1.99. The number of carbonyl (C=O) groups is 1. The Morgan fingerprint density at radius 3 is 2.47 bits per heavy atom. The van der Waals surface area contributed by atoms with Gasteiger partial charge in [0, 0.05) is 17.7 Å². The van der Waals surface area contributed by atoms with Crippen LogP contribution in [0.1, 0.15) is 34.8 Å². The van der Waals surface area contributed by atoms with E-state index in [9.17, 15) is 4.79 Å². The normalized spacial score (nSPS) is 10.4. The number of Topliss-reactive ketones (excluding diaryl/α,β-unsaturated/α-hetero) is 1. The number of anilines is 1. The summed E-state index contributed by atoms with van der Waals surface area (Å²) in [5.74, 6) is 0.201. The van der Waals surface area contributed by atoms with Crippen LogP contribution in [0.15, 0.2) is 48.5 Å². The third-order valence-corrected chi connectivity index (χ3v) is 3.28. The number of rotatable bonds is 5. The SMILES string of the molecule is CCc1cccc(C(=O)CCc2ccc(N)cc2)c1. The van der Waals surface area contributed by atoms with Gasteiger partial charge in [-0.05, 0) is 42.2 Å². The molecule has 0 aromatic heterocycles. The number of aryl methyl sites for hydroxylation is 2. The highest BCUT2D eigenvalue weighted by Crippen LogP contribution is 2.12. The minimum Gasteiger partial charge on any atom is -0.399 e. The predicted molar refractivity (Wildman–Crippen MR) is 79.3 cm³/mol. The molecule has 0 aliphatic carbocycles. The average molecular weight is 253 g/mol. The Hall–Kier alpha value is -2.09. The molecule has 0 aliphatic heterocycles. The van der Waals surface area contributed by atoms with Crippen LogP contribution in [0.2, 0.25) is 0 Å². The van der Waals surface area contributed by atoms with Gasteiger partial charge in [-0.1, -0.05) is 37.3 Å². The first-order valence-electron chi connectivity index (χ1n) is 6.65. The monoisotopic (exact) mass is 253 g/mol. The summed E-state index contributed by atoms with van der Waals surface area (Å²) in [6.45, 7) is 2.10. The second-order valence-corrected chi connectivity index (χ2v) is 4.72. The minimum absolute atomic E-state index is 0.201. The van der Waals surface area contributed by atoms with Crippen molar-refractivity contribution in [2.24, 2.45) is 0 Å². The maximum absolute atomic E-state index is 12.1. The Morgan fingerprint density at radius 1 is 1.05 bits per heavy atom. The van der Waals surface area contributed by atoms with E-state index in [4.69, 9.17) is 5.73 Å². The molecule has 0 radical (unpaired) electrons. The summed E-state index contributed by atoms with van der Waals surface area (Å²) in [4.78, 5) is 12.1. The molecule has 0 bridgehead atoms. The Morgan fingerprint density at radius 2 is 1.79 bits per heavy atom. The van der Waals surface area contributed by atoms with Crippen molar-refractivity contribution >= 4 is 11.5 Å². The number of carbonyl (C=O) groups excluding carboxylic acids is 1. The van der Waals surface area contributed by atoms with Crippen LogP contribution in [0.3, 0.4) is 0 Å². The van der Waals surface area contributed by atoms with Crippen LogP contribution in [-0.4, -0.2) is 5.78 Å². The summed E-state index contributed by atoms with van der Waals surface area (Å²) in [6.07, 6.45) is 2.26. The zero-order valence-electron chi connectivity index (χ0n) is 11.2. The van der Waals surface area contributed by atoms with Gasteiger partial charge in [0.2, 0.25) is 0 Å². The van der Waals surface area contributed by atoms with Crippen molar-refractivity contribution in [1.29, 1.82) is 0 Å². The number of ketones is 1. The van der Waals surface area contributed by atoms with Crippen LogP contribution in [-0.2, 0) is 12.8 Å². The molecule has 0 saturated carbocycles. The van der Waals surface area contributed by atoms with E-state index in [2.05, 4.69) is 13.0 Å². The zero-order chi connectivity index (χ0) is 13.7. The largest absolute Gasteiger partial charge is 0.399 e. The van der Waals surface area contributed by atoms with Crippen LogP contribution in [0.5, 0.6) is 0 Å². The maximum atomic E-state index is 12.1. The van der Waals surface area contributed by atoms with Gasteiger partial charge < -0.3 is 5.73 Å². The molecule has 2 aromatic rings. The smallest absolute Gasteiger partial charge is 0.163 e. The van der Waals surface area contributed by atoms with Crippen LogP contribution in [0.4, 0.5) is 5.69 Å². The lowest BCUT2D eigenvalue weighted by Crippen LogP contribution is -2.02. The Labute approximate surface area is 114 Å². The Bertz CT molecular complexity index is 558. The molecule has 2 rings (SSSR count). The maximum Gasteiger partial charge on any atom is 0.163 e. The van der Waals surface area contributed by atoms with E-state index in [1.165, 1.54) is 5.56 Å². The zero-order valence-corrected chi connectivity index (χ0v) is 11.2. The molecule has 2 N–H and O–H groups in total. The molecule has 0 unspecified atom stereocenters. The van der Waals surface area contributed by atoms with Crippen LogP contribution < -0.4 is 5.73 Å². The number of nitrogen functional groups attached to an aromatic ring is 1. The third-order valence-electron chi connectivity index (χ3n) is 3.28. The highest BCUT2D eigenvalue weighted by molar-refractivity contribution is 5.96. The highest BCUT2D eigenvalue weighted by atomic mass is 16.1. The van der Waals surface area contributed by atoms with E-state index < -0.39 is 0 Å². The van der Waals surface area contributed by atoms with Crippen molar-refractivity contribution < 1.29 is 4.79 Å². The fraction of sp³-hybridized carbons (Fsp3) is 0.235. The number of hydrogen-bond acceptors (Lipinski definition) is 2. The molecule has 19 heavy (non-hydrogen) atoms. The number of benzene rings is 2. The quantitative estimate of drug-likeness (QED) is 0.653. The van der Waals surface area contributed by atoms with Crippen molar-refractivity contribution in [2.75, 3.05) is 5.73 Å². The highest BCUT2D eigenvalue weighted by Gasteiger charge is 2.06. The molecule has 0 fully saturated rings. The fourth-order valence-electron chi connectivity index (χ4n) is 2.05. The summed E-state index contributed by atoms with van der Waals surface area (Å²) in [5.41, 5.74) is 9.56. The lowest BCUT2D eigenvalue weighted by Gasteiger charge is -2.04. The molecule has 2 nitrogen and oxygen atoms in total. The first-order valence-corrected chi connectivity index (χ1v) is 6.65. The van der Waals surface area contributed by atoms with Gasteiger partial charge in [0.25, 0.3) is 0 Å². The number of hydrogen-bond donors (Lipinski definition) is 1. The molecular formula is C17H19NO. The standard InChI is InChI=1S/C17H19NO/c1-2-13-4-3-5-15(12-13)17(19)11-8-14-6-9-16(18)10-7-14/h3-7,9-10,12H,2,8,11,18H2,1H3. The van der Waals surface area contributed by atoms with E-state index in [1.54, 1.807) is 0 Å². The lowest BCUT2D eigenvalue weighted by molar-refractivity contribution is 0.0983. The lowest BCUT2D eigenvalue weighted by atomic mass is 10.0.